The Labute approximate surface area is 99.9 Å². The smallest absolute Gasteiger partial charge is 0.309 e. The Morgan fingerprint density at radius 1 is 1.44 bits per heavy atom. The summed E-state index contributed by atoms with van der Waals surface area (Å²) in [5.74, 6) is -0.254. The highest BCUT2D eigenvalue weighted by Gasteiger charge is 1.96. The molecule has 84 valence electrons. The molecule has 2 N–H and O–H groups in total. The third-order valence-electron chi connectivity index (χ3n) is 2.02. The standard InChI is InChI=1S/C12H13NO2S/c1-15-11(14)4-2-3-9-5-7-10(8-6-9)12(13)16/h2-3,5-8H,4H2,1H3,(H2,13,16). The van der Waals surface area contributed by atoms with Gasteiger partial charge in [0.15, 0.2) is 0 Å². The molecule has 3 nitrogen and oxygen atoms in total. The largest absolute Gasteiger partial charge is 0.469 e. The third kappa shape index (κ3) is 3.82. The minimum absolute atomic E-state index is 0.254. The summed E-state index contributed by atoms with van der Waals surface area (Å²) in [6, 6.07) is 7.48. The summed E-state index contributed by atoms with van der Waals surface area (Å²) in [7, 11) is 1.37. The maximum Gasteiger partial charge on any atom is 0.309 e. The maximum atomic E-state index is 10.8. The summed E-state index contributed by atoms with van der Waals surface area (Å²) in [5.41, 5.74) is 7.30. The van der Waals surface area contributed by atoms with E-state index >= 15 is 0 Å². The first-order valence-corrected chi connectivity index (χ1v) is 5.17. The van der Waals surface area contributed by atoms with E-state index in [1.165, 1.54) is 7.11 Å². The molecule has 0 fully saturated rings. The topological polar surface area (TPSA) is 52.3 Å². The summed E-state index contributed by atoms with van der Waals surface area (Å²) in [4.78, 5) is 11.2. The molecule has 4 heteroatoms. The van der Waals surface area contributed by atoms with Crippen LogP contribution in [0.1, 0.15) is 17.5 Å². The zero-order valence-corrected chi connectivity index (χ0v) is 9.79. The second-order valence-corrected chi connectivity index (χ2v) is 3.61. The summed E-state index contributed by atoms with van der Waals surface area (Å²) in [6.07, 6.45) is 3.87. The highest BCUT2D eigenvalue weighted by Crippen LogP contribution is 2.06. The highest BCUT2D eigenvalue weighted by molar-refractivity contribution is 7.80. The predicted octanol–water partition coefficient (Wildman–Crippen LogP) is 1.90. The van der Waals surface area contributed by atoms with Gasteiger partial charge in [-0.1, -0.05) is 48.6 Å². The molecule has 0 saturated carbocycles. The van der Waals surface area contributed by atoms with Gasteiger partial charge in [0.1, 0.15) is 4.99 Å². The average Bonchev–Trinajstić information content (AvgIpc) is 2.29. The minimum Gasteiger partial charge on any atom is -0.469 e. The molecule has 0 atom stereocenters. The lowest BCUT2D eigenvalue weighted by atomic mass is 10.1. The van der Waals surface area contributed by atoms with Crippen LogP contribution in [0.5, 0.6) is 0 Å². The van der Waals surface area contributed by atoms with Crippen LogP contribution < -0.4 is 5.73 Å². The Bertz CT molecular complexity index is 410. The van der Waals surface area contributed by atoms with E-state index in [4.69, 9.17) is 18.0 Å². The molecular weight excluding hydrogens is 222 g/mol. The number of rotatable bonds is 4. The Balaban J connectivity index is 2.61. The van der Waals surface area contributed by atoms with Crippen LogP contribution in [0.3, 0.4) is 0 Å². The number of carbonyl (C=O) groups excluding carboxylic acids is 1. The van der Waals surface area contributed by atoms with Crippen LogP contribution in [0.4, 0.5) is 0 Å². The number of hydrogen-bond acceptors (Lipinski definition) is 3. The SMILES string of the molecule is COC(=O)CC=Cc1ccc(C(N)=S)cc1. The number of hydrogen-bond donors (Lipinski definition) is 1. The molecule has 0 radical (unpaired) electrons. The van der Waals surface area contributed by atoms with Crippen molar-refractivity contribution in [3.8, 4) is 0 Å². The summed E-state index contributed by atoms with van der Waals surface area (Å²) in [6.45, 7) is 0. The van der Waals surface area contributed by atoms with Gasteiger partial charge in [-0.15, -0.1) is 0 Å². The molecule has 0 bridgehead atoms. The summed E-state index contributed by atoms with van der Waals surface area (Å²) in [5, 5.41) is 0. The highest BCUT2D eigenvalue weighted by atomic mass is 32.1. The average molecular weight is 235 g/mol. The van der Waals surface area contributed by atoms with Gasteiger partial charge in [-0.2, -0.15) is 0 Å². The van der Waals surface area contributed by atoms with Crippen LogP contribution in [0.15, 0.2) is 30.3 Å². The first-order chi connectivity index (χ1) is 7.63. The second-order valence-electron chi connectivity index (χ2n) is 3.17. The number of nitrogens with two attached hydrogens (primary N) is 1. The Kier molecular flexibility index (Phi) is 4.66. The Morgan fingerprint density at radius 3 is 2.56 bits per heavy atom. The molecule has 0 aromatic heterocycles. The van der Waals surface area contributed by atoms with Gasteiger partial charge < -0.3 is 10.5 Å². The molecule has 1 aromatic carbocycles. The van der Waals surface area contributed by atoms with Crippen molar-refractivity contribution < 1.29 is 9.53 Å². The van der Waals surface area contributed by atoms with Crippen molar-refractivity contribution in [2.75, 3.05) is 7.11 Å². The molecule has 1 rings (SSSR count). The summed E-state index contributed by atoms with van der Waals surface area (Å²) < 4.78 is 4.51. The lowest BCUT2D eigenvalue weighted by molar-refractivity contribution is -0.139. The Morgan fingerprint density at radius 2 is 2.06 bits per heavy atom. The van der Waals surface area contributed by atoms with E-state index in [-0.39, 0.29) is 12.4 Å². The van der Waals surface area contributed by atoms with Gasteiger partial charge in [-0.05, 0) is 5.56 Å². The van der Waals surface area contributed by atoms with Crippen LogP contribution in [0, 0.1) is 0 Å². The number of thiocarbonyl (C=S) groups is 1. The van der Waals surface area contributed by atoms with E-state index in [9.17, 15) is 4.79 Å². The zero-order valence-electron chi connectivity index (χ0n) is 8.97. The van der Waals surface area contributed by atoms with E-state index in [2.05, 4.69) is 4.74 Å². The molecule has 0 aliphatic carbocycles. The van der Waals surface area contributed by atoms with Crippen LogP contribution in [0.2, 0.25) is 0 Å². The molecule has 1 aromatic rings. The molecular formula is C12H13NO2S. The van der Waals surface area contributed by atoms with E-state index in [1.807, 2.05) is 30.3 Å². The van der Waals surface area contributed by atoms with Crippen molar-refractivity contribution in [1.82, 2.24) is 0 Å². The lowest BCUT2D eigenvalue weighted by Crippen LogP contribution is -2.08. The monoisotopic (exact) mass is 235 g/mol. The summed E-state index contributed by atoms with van der Waals surface area (Å²) >= 11 is 4.84. The molecule has 0 heterocycles. The van der Waals surface area contributed by atoms with Gasteiger partial charge in [-0.25, -0.2) is 0 Å². The van der Waals surface area contributed by atoms with Crippen LogP contribution in [-0.2, 0) is 9.53 Å². The molecule has 16 heavy (non-hydrogen) atoms. The van der Waals surface area contributed by atoms with Crippen molar-refractivity contribution in [2.45, 2.75) is 6.42 Å². The fraction of sp³-hybridized carbons (Fsp3) is 0.167. The first-order valence-electron chi connectivity index (χ1n) is 4.76. The van der Waals surface area contributed by atoms with E-state index in [0.717, 1.165) is 11.1 Å². The van der Waals surface area contributed by atoms with Gasteiger partial charge in [0.25, 0.3) is 0 Å². The molecule has 0 spiro atoms. The van der Waals surface area contributed by atoms with Crippen molar-refractivity contribution in [3.05, 3.63) is 41.5 Å². The molecule has 0 aliphatic heterocycles. The van der Waals surface area contributed by atoms with Crippen LogP contribution in [-0.4, -0.2) is 18.1 Å². The van der Waals surface area contributed by atoms with E-state index in [0.29, 0.717) is 4.99 Å². The number of ether oxygens (including phenoxy) is 1. The fourth-order valence-electron chi connectivity index (χ4n) is 1.13. The predicted molar refractivity (Wildman–Crippen MR) is 68.0 cm³/mol. The van der Waals surface area contributed by atoms with Gasteiger partial charge in [0.2, 0.25) is 0 Å². The zero-order chi connectivity index (χ0) is 12.0. The minimum atomic E-state index is -0.254. The van der Waals surface area contributed by atoms with Crippen LogP contribution >= 0.6 is 12.2 Å². The van der Waals surface area contributed by atoms with Gasteiger partial charge in [-0.3, -0.25) is 4.79 Å². The lowest BCUT2D eigenvalue weighted by Gasteiger charge is -1.98. The number of carbonyl (C=O) groups is 1. The maximum absolute atomic E-state index is 10.8. The van der Waals surface area contributed by atoms with Gasteiger partial charge in [0.05, 0.1) is 13.5 Å². The molecule has 0 aliphatic rings. The van der Waals surface area contributed by atoms with Crippen molar-refractivity contribution in [3.63, 3.8) is 0 Å². The second kappa shape index (κ2) is 6.02. The normalized spacial score (nSPS) is 10.3. The van der Waals surface area contributed by atoms with Gasteiger partial charge in [0, 0.05) is 5.56 Å². The molecule has 0 saturated heterocycles. The number of methoxy groups -OCH3 is 1. The fourth-order valence-corrected chi connectivity index (χ4v) is 1.27. The number of esters is 1. The van der Waals surface area contributed by atoms with Crippen molar-refractivity contribution >= 4 is 29.3 Å². The van der Waals surface area contributed by atoms with Crippen LogP contribution in [0.25, 0.3) is 6.08 Å². The van der Waals surface area contributed by atoms with Crippen molar-refractivity contribution in [2.24, 2.45) is 5.73 Å². The number of benzene rings is 1. The Hall–Kier alpha value is -1.68. The molecule has 0 unspecified atom stereocenters. The van der Waals surface area contributed by atoms with E-state index < -0.39 is 0 Å². The first kappa shape index (κ1) is 12.4. The van der Waals surface area contributed by atoms with E-state index in [1.54, 1.807) is 6.08 Å². The van der Waals surface area contributed by atoms with Gasteiger partial charge >= 0.3 is 5.97 Å². The quantitative estimate of drug-likeness (QED) is 0.639. The van der Waals surface area contributed by atoms with Crippen molar-refractivity contribution in [1.29, 1.82) is 0 Å². The third-order valence-corrected chi connectivity index (χ3v) is 2.25. The molecule has 0 amide bonds.